The molecule has 2 amide bonds. The average Bonchev–Trinajstić information content (AvgIpc) is 3.01. The summed E-state index contributed by atoms with van der Waals surface area (Å²) in [6.45, 7) is 5.66. The topological polar surface area (TPSA) is 98.2 Å². The fourth-order valence-corrected chi connectivity index (χ4v) is 3.65. The first-order chi connectivity index (χ1) is 11.4. The third-order valence-corrected chi connectivity index (χ3v) is 5.04. The van der Waals surface area contributed by atoms with Crippen molar-refractivity contribution in [2.45, 2.75) is 27.2 Å². The summed E-state index contributed by atoms with van der Waals surface area (Å²) in [5.74, 6) is -0.815. The Labute approximate surface area is 142 Å². The van der Waals surface area contributed by atoms with Gasteiger partial charge in [0, 0.05) is 10.3 Å². The number of rotatable bonds is 4. The molecule has 3 aromatic rings. The smallest absolute Gasteiger partial charge is 0.251 e. The minimum atomic E-state index is -0.547. The van der Waals surface area contributed by atoms with Gasteiger partial charge in [0.15, 0.2) is 5.58 Å². The van der Waals surface area contributed by atoms with Crippen molar-refractivity contribution in [1.29, 1.82) is 0 Å². The van der Waals surface area contributed by atoms with Crippen LogP contribution in [0.4, 0.5) is 5.00 Å². The van der Waals surface area contributed by atoms with Crippen molar-refractivity contribution in [2.75, 3.05) is 5.32 Å². The number of nitrogens with zero attached hydrogens (tertiary/aromatic N) is 1. The molecule has 2 aromatic heterocycles. The summed E-state index contributed by atoms with van der Waals surface area (Å²) in [6.07, 6.45) is 0.0602. The van der Waals surface area contributed by atoms with Crippen molar-refractivity contribution < 1.29 is 14.1 Å². The van der Waals surface area contributed by atoms with E-state index in [0.717, 1.165) is 21.4 Å². The second-order valence-corrected chi connectivity index (χ2v) is 6.93. The molecular weight excluding hydrogens is 326 g/mol. The molecule has 2 heterocycles. The van der Waals surface area contributed by atoms with E-state index >= 15 is 0 Å². The van der Waals surface area contributed by atoms with E-state index in [0.29, 0.717) is 21.8 Å². The standard InChI is InChI=1S/C17H17N3O3S/c1-8-4-5-13-11(6-8)12(20-23-13)7-14(21)19-17-15(16(18)22)9(2)10(3)24-17/h4-6H,7H2,1-3H3,(H2,18,22)(H,19,21). The van der Waals surface area contributed by atoms with Crippen LogP contribution in [0, 0.1) is 20.8 Å². The van der Waals surface area contributed by atoms with Gasteiger partial charge in [0.2, 0.25) is 5.91 Å². The molecule has 0 aliphatic heterocycles. The molecule has 0 aliphatic rings. The summed E-state index contributed by atoms with van der Waals surface area (Å²) in [6, 6.07) is 5.69. The molecule has 124 valence electrons. The van der Waals surface area contributed by atoms with E-state index in [1.54, 1.807) is 0 Å². The van der Waals surface area contributed by atoms with Crippen LogP contribution >= 0.6 is 11.3 Å². The van der Waals surface area contributed by atoms with E-state index in [1.165, 1.54) is 11.3 Å². The normalized spacial score (nSPS) is 11.0. The number of primary amides is 1. The highest BCUT2D eigenvalue weighted by molar-refractivity contribution is 7.16. The summed E-state index contributed by atoms with van der Waals surface area (Å²) in [5.41, 5.74) is 8.86. The number of hydrogen-bond donors (Lipinski definition) is 2. The van der Waals surface area contributed by atoms with Crippen molar-refractivity contribution in [3.8, 4) is 0 Å². The van der Waals surface area contributed by atoms with Gasteiger partial charge in [-0.3, -0.25) is 9.59 Å². The minimum absolute atomic E-state index is 0.0602. The number of benzene rings is 1. The lowest BCUT2D eigenvalue weighted by Gasteiger charge is -2.04. The molecule has 0 unspecified atom stereocenters. The lowest BCUT2D eigenvalue weighted by molar-refractivity contribution is -0.115. The number of anilines is 1. The zero-order chi connectivity index (χ0) is 17.4. The highest BCUT2D eigenvalue weighted by atomic mass is 32.1. The molecule has 0 saturated heterocycles. The molecule has 0 atom stereocenters. The van der Waals surface area contributed by atoms with E-state index in [4.69, 9.17) is 10.3 Å². The van der Waals surface area contributed by atoms with Gasteiger partial charge in [-0.1, -0.05) is 16.8 Å². The molecule has 7 heteroatoms. The van der Waals surface area contributed by atoms with Crippen molar-refractivity contribution >= 4 is 39.1 Å². The van der Waals surface area contributed by atoms with Gasteiger partial charge in [0.25, 0.3) is 5.91 Å². The van der Waals surface area contributed by atoms with Crippen molar-refractivity contribution in [3.05, 3.63) is 45.5 Å². The maximum absolute atomic E-state index is 12.4. The Hall–Kier alpha value is -2.67. The van der Waals surface area contributed by atoms with Crippen LogP contribution in [0.3, 0.4) is 0 Å². The van der Waals surface area contributed by atoms with E-state index in [-0.39, 0.29) is 12.3 Å². The third kappa shape index (κ3) is 2.90. The third-order valence-electron chi connectivity index (χ3n) is 3.91. The van der Waals surface area contributed by atoms with Crippen molar-refractivity contribution in [2.24, 2.45) is 5.73 Å². The fraction of sp³-hybridized carbons (Fsp3) is 0.235. The van der Waals surface area contributed by atoms with Gasteiger partial charge in [-0.25, -0.2) is 0 Å². The zero-order valence-electron chi connectivity index (χ0n) is 13.6. The number of aromatic nitrogens is 1. The predicted octanol–water partition coefficient (Wildman–Crippen LogP) is 3.09. The molecule has 0 aliphatic carbocycles. The maximum atomic E-state index is 12.4. The monoisotopic (exact) mass is 343 g/mol. The van der Waals surface area contributed by atoms with Gasteiger partial charge in [-0.15, -0.1) is 11.3 Å². The molecule has 0 spiro atoms. The van der Waals surface area contributed by atoms with Crippen LogP contribution in [-0.4, -0.2) is 17.0 Å². The van der Waals surface area contributed by atoms with E-state index in [1.807, 2.05) is 39.0 Å². The molecule has 0 saturated carbocycles. The van der Waals surface area contributed by atoms with Gasteiger partial charge in [-0.05, 0) is 38.5 Å². The second kappa shape index (κ2) is 6.09. The van der Waals surface area contributed by atoms with E-state index in [9.17, 15) is 9.59 Å². The summed E-state index contributed by atoms with van der Waals surface area (Å²) in [7, 11) is 0. The van der Waals surface area contributed by atoms with E-state index < -0.39 is 5.91 Å². The van der Waals surface area contributed by atoms with Gasteiger partial charge >= 0.3 is 0 Å². The summed E-state index contributed by atoms with van der Waals surface area (Å²) >= 11 is 1.34. The maximum Gasteiger partial charge on any atom is 0.251 e. The first kappa shape index (κ1) is 16.2. The molecule has 3 N–H and O–H groups in total. The van der Waals surface area contributed by atoms with Gasteiger partial charge < -0.3 is 15.6 Å². The number of nitrogens with two attached hydrogens (primary N) is 1. The van der Waals surface area contributed by atoms with Crippen molar-refractivity contribution in [1.82, 2.24) is 5.16 Å². The van der Waals surface area contributed by atoms with Crippen LogP contribution in [-0.2, 0) is 11.2 Å². The molecular formula is C17H17N3O3S. The Bertz CT molecular complexity index is 956. The highest BCUT2D eigenvalue weighted by Crippen LogP contribution is 2.32. The molecule has 6 nitrogen and oxygen atoms in total. The molecule has 3 rings (SSSR count). The van der Waals surface area contributed by atoms with Gasteiger partial charge in [0.1, 0.15) is 10.7 Å². The first-order valence-corrected chi connectivity index (χ1v) is 8.23. The van der Waals surface area contributed by atoms with E-state index in [2.05, 4.69) is 10.5 Å². The Morgan fingerprint density at radius 3 is 2.75 bits per heavy atom. The van der Waals surface area contributed by atoms with Gasteiger partial charge in [0.05, 0.1) is 12.0 Å². The predicted molar refractivity (Wildman–Crippen MR) is 93.4 cm³/mol. The van der Waals surface area contributed by atoms with Crippen LogP contribution < -0.4 is 11.1 Å². The van der Waals surface area contributed by atoms with Crippen LogP contribution in [0.15, 0.2) is 22.7 Å². The number of amides is 2. The SMILES string of the molecule is Cc1ccc2onc(CC(=O)Nc3sc(C)c(C)c3C(N)=O)c2c1. The first-order valence-electron chi connectivity index (χ1n) is 7.41. The Morgan fingerprint density at radius 1 is 1.29 bits per heavy atom. The number of carbonyl (C=O) groups excluding carboxylic acids is 2. The molecule has 24 heavy (non-hydrogen) atoms. The Kier molecular flexibility index (Phi) is 4.11. The average molecular weight is 343 g/mol. The Balaban J connectivity index is 1.85. The summed E-state index contributed by atoms with van der Waals surface area (Å²) < 4.78 is 5.24. The second-order valence-electron chi connectivity index (χ2n) is 5.71. The molecule has 0 fully saturated rings. The number of aryl methyl sites for hydroxylation is 2. The summed E-state index contributed by atoms with van der Waals surface area (Å²) in [5, 5.41) is 8.04. The largest absolute Gasteiger partial charge is 0.365 e. The number of carbonyl (C=O) groups is 2. The van der Waals surface area contributed by atoms with Crippen LogP contribution in [0.25, 0.3) is 11.0 Å². The summed E-state index contributed by atoms with van der Waals surface area (Å²) in [4.78, 5) is 24.9. The lowest BCUT2D eigenvalue weighted by Crippen LogP contribution is -2.18. The number of thiophene rings is 1. The molecule has 0 bridgehead atoms. The molecule has 0 radical (unpaired) electrons. The number of fused-ring (bicyclic) bond motifs is 1. The number of hydrogen-bond acceptors (Lipinski definition) is 5. The van der Waals surface area contributed by atoms with Crippen molar-refractivity contribution in [3.63, 3.8) is 0 Å². The highest BCUT2D eigenvalue weighted by Gasteiger charge is 2.20. The number of nitrogens with one attached hydrogen (secondary N) is 1. The fourth-order valence-electron chi connectivity index (χ4n) is 2.56. The lowest BCUT2D eigenvalue weighted by atomic mass is 10.1. The van der Waals surface area contributed by atoms with Crippen LogP contribution in [0.1, 0.15) is 32.1 Å². The van der Waals surface area contributed by atoms with Gasteiger partial charge in [-0.2, -0.15) is 0 Å². The quantitative estimate of drug-likeness (QED) is 0.760. The Morgan fingerprint density at radius 2 is 2.04 bits per heavy atom. The minimum Gasteiger partial charge on any atom is -0.365 e. The van der Waals surface area contributed by atoms with Crippen LogP contribution in [0.2, 0.25) is 0 Å². The zero-order valence-corrected chi connectivity index (χ0v) is 14.4. The molecule has 1 aromatic carbocycles. The van der Waals surface area contributed by atoms with Crippen LogP contribution in [0.5, 0.6) is 0 Å².